The summed E-state index contributed by atoms with van der Waals surface area (Å²) in [6.45, 7) is 4.91. The number of nitrogens with zero attached hydrogens (tertiary/aromatic N) is 2. The van der Waals surface area contributed by atoms with Crippen LogP contribution in [0.3, 0.4) is 0 Å². The van der Waals surface area contributed by atoms with Gasteiger partial charge in [-0.05, 0) is 45.2 Å². The fraction of sp³-hybridized carbons (Fsp3) is 0.529. The molecule has 4 nitrogen and oxygen atoms in total. The predicted octanol–water partition coefficient (Wildman–Crippen LogP) is 2.24. The van der Waals surface area contributed by atoms with Crippen LogP contribution in [-0.4, -0.2) is 29.9 Å². The van der Waals surface area contributed by atoms with Gasteiger partial charge in [-0.15, -0.1) is 0 Å². The zero-order valence-corrected chi connectivity index (χ0v) is 13.0. The number of carbonyl (C=O) groups excluding carboxylic acids is 1. The number of carbonyl (C=O) groups is 1. The number of nitrogens with one attached hydrogen (secondary N) is 1. The SMILES string of the molecule is Cc1ccc(CN(C)CC(=O)N[C@@](C)(C#N)C2CC2)cc1. The van der Waals surface area contributed by atoms with E-state index < -0.39 is 5.54 Å². The van der Waals surface area contributed by atoms with Crippen molar-refractivity contribution in [2.45, 2.75) is 38.8 Å². The average molecular weight is 285 g/mol. The molecule has 1 aliphatic carbocycles. The van der Waals surface area contributed by atoms with Gasteiger partial charge >= 0.3 is 0 Å². The molecule has 0 bridgehead atoms. The molecule has 21 heavy (non-hydrogen) atoms. The molecule has 0 aromatic heterocycles. The van der Waals surface area contributed by atoms with Crippen molar-refractivity contribution in [3.63, 3.8) is 0 Å². The van der Waals surface area contributed by atoms with E-state index in [2.05, 4.69) is 42.6 Å². The summed E-state index contributed by atoms with van der Waals surface area (Å²) in [5.41, 5.74) is 1.71. The Morgan fingerprint density at radius 1 is 1.43 bits per heavy atom. The van der Waals surface area contributed by atoms with E-state index in [4.69, 9.17) is 0 Å². The molecular formula is C17H23N3O. The molecular weight excluding hydrogens is 262 g/mol. The van der Waals surface area contributed by atoms with Crippen molar-refractivity contribution in [3.05, 3.63) is 35.4 Å². The van der Waals surface area contributed by atoms with Crippen LogP contribution in [0.15, 0.2) is 24.3 Å². The van der Waals surface area contributed by atoms with Crippen molar-refractivity contribution < 1.29 is 4.79 Å². The van der Waals surface area contributed by atoms with E-state index in [0.717, 1.165) is 19.4 Å². The van der Waals surface area contributed by atoms with E-state index in [0.29, 0.717) is 12.5 Å². The first-order chi connectivity index (χ1) is 9.93. The van der Waals surface area contributed by atoms with Crippen LogP contribution in [0.5, 0.6) is 0 Å². The van der Waals surface area contributed by atoms with E-state index in [9.17, 15) is 10.1 Å². The minimum Gasteiger partial charge on any atom is -0.337 e. The maximum Gasteiger partial charge on any atom is 0.235 e. The first-order valence-electron chi connectivity index (χ1n) is 7.39. The molecule has 0 aliphatic heterocycles. The van der Waals surface area contributed by atoms with Gasteiger partial charge in [-0.2, -0.15) is 5.26 Å². The molecule has 112 valence electrons. The summed E-state index contributed by atoms with van der Waals surface area (Å²) >= 11 is 0. The van der Waals surface area contributed by atoms with Crippen molar-refractivity contribution in [3.8, 4) is 6.07 Å². The molecule has 1 fully saturated rings. The van der Waals surface area contributed by atoms with Crippen LogP contribution in [0.25, 0.3) is 0 Å². The van der Waals surface area contributed by atoms with Crippen molar-refractivity contribution in [1.82, 2.24) is 10.2 Å². The van der Waals surface area contributed by atoms with Crippen molar-refractivity contribution >= 4 is 5.91 Å². The zero-order valence-electron chi connectivity index (χ0n) is 13.0. The van der Waals surface area contributed by atoms with Crippen LogP contribution in [0.4, 0.5) is 0 Å². The second-order valence-electron chi connectivity index (χ2n) is 6.29. The van der Waals surface area contributed by atoms with Gasteiger partial charge in [0.05, 0.1) is 12.6 Å². The number of rotatable bonds is 6. The van der Waals surface area contributed by atoms with Gasteiger partial charge in [0.1, 0.15) is 5.54 Å². The Kier molecular flexibility index (Phi) is 4.64. The third-order valence-electron chi connectivity index (χ3n) is 4.01. The summed E-state index contributed by atoms with van der Waals surface area (Å²) in [4.78, 5) is 14.1. The van der Waals surface area contributed by atoms with Gasteiger partial charge in [0.2, 0.25) is 5.91 Å². The van der Waals surface area contributed by atoms with Gasteiger partial charge in [0, 0.05) is 6.54 Å². The average Bonchev–Trinajstić information content (AvgIpc) is 3.25. The molecule has 0 saturated heterocycles. The number of hydrogen-bond donors (Lipinski definition) is 1. The Morgan fingerprint density at radius 3 is 2.57 bits per heavy atom. The maximum atomic E-state index is 12.1. The topological polar surface area (TPSA) is 56.1 Å². The molecule has 1 aromatic rings. The van der Waals surface area contributed by atoms with E-state index in [-0.39, 0.29) is 5.91 Å². The van der Waals surface area contributed by atoms with Crippen molar-refractivity contribution in [2.75, 3.05) is 13.6 Å². The van der Waals surface area contributed by atoms with Gasteiger partial charge < -0.3 is 5.32 Å². The fourth-order valence-corrected chi connectivity index (χ4v) is 2.52. The number of aryl methyl sites for hydroxylation is 1. The quantitative estimate of drug-likeness (QED) is 0.872. The van der Waals surface area contributed by atoms with Crippen molar-refractivity contribution in [2.24, 2.45) is 5.92 Å². The zero-order chi connectivity index (χ0) is 15.5. The molecule has 2 rings (SSSR count). The molecule has 0 radical (unpaired) electrons. The minimum absolute atomic E-state index is 0.0828. The lowest BCUT2D eigenvalue weighted by atomic mass is 9.98. The molecule has 0 unspecified atom stereocenters. The molecule has 1 aromatic carbocycles. The molecule has 0 heterocycles. The summed E-state index contributed by atoms with van der Waals surface area (Å²) in [6, 6.07) is 10.5. The van der Waals surface area contributed by atoms with E-state index in [1.165, 1.54) is 11.1 Å². The second kappa shape index (κ2) is 6.28. The number of amides is 1. The molecule has 1 N–H and O–H groups in total. The molecule has 0 spiro atoms. The highest BCUT2D eigenvalue weighted by atomic mass is 16.2. The normalized spacial score (nSPS) is 17.1. The van der Waals surface area contributed by atoms with Gasteiger partial charge in [-0.3, -0.25) is 9.69 Å². The molecule has 1 aliphatic rings. The van der Waals surface area contributed by atoms with Crippen LogP contribution in [-0.2, 0) is 11.3 Å². The lowest BCUT2D eigenvalue weighted by Crippen LogP contribution is -2.49. The van der Waals surface area contributed by atoms with Crippen molar-refractivity contribution in [1.29, 1.82) is 5.26 Å². The Balaban J connectivity index is 1.84. The first kappa shape index (κ1) is 15.5. The Labute approximate surface area is 126 Å². The Hall–Kier alpha value is -1.86. The van der Waals surface area contributed by atoms with Crippen LogP contribution >= 0.6 is 0 Å². The van der Waals surface area contributed by atoms with E-state index in [1.807, 2.05) is 18.9 Å². The lowest BCUT2D eigenvalue weighted by Gasteiger charge is -2.25. The van der Waals surface area contributed by atoms with Crippen LogP contribution in [0, 0.1) is 24.2 Å². The van der Waals surface area contributed by atoms with E-state index >= 15 is 0 Å². The maximum absolute atomic E-state index is 12.1. The number of likely N-dealkylation sites (N-methyl/N-ethyl adjacent to an activating group) is 1. The largest absolute Gasteiger partial charge is 0.337 e. The predicted molar refractivity (Wildman–Crippen MR) is 82.4 cm³/mol. The molecule has 1 amide bonds. The first-order valence-corrected chi connectivity index (χ1v) is 7.39. The Morgan fingerprint density at radius 2 is 2.05 bits per heavy atom. The third kappa shape index (κ3) is 4.30. The lowest BCUT2D eigenvalue weighted by molar-refractivity contribution is -0.123. The number of benzene rings is 1. The highest BCUT2D eigenvalue weighted by molar-refractivity contribution is 5.79. The fourth-order valence-electron chi connectivity index (χ4n) is 2.52. The molecule has 4 heteroatoms. The molecule has 1 atom stereocenters. The summed E-state index contributed by atoms with van der Waals surface area (Å²) in [5, 5.41) is 12.2. The second-order valence-corrected chi connectivity index (χ2v) is 6.29. The standard InChI is InChI=1S/C17H23N3O/c1-13-4-6-14(7-5-13)10-20(3)11-16(21)19-17(2,12-18)15-8-9-15/h4-7,15H,8-11H2,1-3H3,(H,19,21)/t17-/m0/s1. The summed E-state index contributed by atoms with van der Waals surface area (Å²) in [6.07, 6.45) is 2.06. The van der Waals surface area contributed by atoms with Gasteiger partial charge in [-0.25, -0.2) is 0 Å². The van der Waals surface area contributed by atoms with Crippen LogP contribution in [0.2, 0.25) is 0 Å². The van der Waals surface area contributed by atoms with Gasteiger partial charge in [0.15, 0.2) is 0 Å². The smallest absolute Gasteiger partial charge is 0.235 e. The molecule has 1 saturated carbocycles. The minimum atomic E-state index is -0.707. The number of hydrogen-bond acceptors (Lipinski definition) is 3. The van der Waals surface area contributed by atoms with Crippen LogP contribution in [0.1, 0.15) is 30.9 Å². The number of nitriles is 1. The third-order valence-corrected chi connectivity index (χ3v) is 4.01. The van der Waals surface area contributed by atoms with E-state index in [1.54, 1.807) is 0 Å². The van der Waals surface area contributed by atoms with Crippen LogP contribution < -0.4 is 5.32 Å². The summed E-state index contributed by atoms with van der Waals surface area (Å²) in [5.74, 6) is 0.231. The van der Waals surface area contributed by atoms with Gasteiger partial charge in [-0.1, -0.05) is 29.8 Å². The highest BCUT2D eigenvalue weighted by Gasteiger charge is 2.42. The van der Waals surface area contributed by atoms with Gasteiger partial charge in [0.25, 0.3) is 0 Å². The summed E-state index contributed by atoms with van der Waals surface area (Å²) in [7, 11) is 1.92. The summed E-state index contributed by atoms with van der Waals surface area (Å²) < 4.78 is 0. The monoisotopic (exact) mass is 285 g/mol. The Bertz CT molecular complexity index is 542. The highest BCUT2D eigenvalue weighted by Crippen LogP contribution is 2.39.